The summed E-state index contributed by atoms with van der Waals surface area (Å²) in [5.74, 6) is 0.180. The Balaban J connectivity index is 1.59. The molecule has 2 N–H and O–H groups in total. The lowest BCUT2D eigenvalue weighted by Crippen LogP contribution is -2.14. The molecule has 0 fully saturated rings. The van der Waals surface area contributed by atoms with Crippen molar-refractivity contribution < 1.29 is 4.79 Å². The summed E-state index contributed by atoms with van der Waals surface area (Å²) in [4.78, 5) is 16.5. The second kappa shape index (κ2) is 7.89. The zero-order valence-electron chi connectivity index (χ0n) is 12.7. The first kappa shape index (κ1) is 16.4. The van der Waals surface area contributed by atoms with Crippen LogP contribution in [0.4, 0.5) is 10.8 Å². The number of thioether (sulfide) groups is 1. The van der Waals surface area contributed by atoms with Gasteiger partial charge in [0, 0.05) is 18.1 Å². The minimum atomic E-state index is -0.0906. The van der Waals surface area contributed by atoms with E-state index in [1.165, 1.54) is 23.1 Å². The van der Waals surface area contributed by atoms with Gasteiger partial charge in [0.2, 0.25) is 11.0 Å². The molecular formula is C16H15N5OS2. The van der Waals surface area contributed by atoms with Crippen LogP contribution in [0.15, 0.2) is 53.5 Å². The minimum absolute atomic E-state index is 0.0906. The number of pyridine rings is 1. The van der Waals surface area contributed by atoms with Crippen molar-refractivity contribution in [3.8, 4) is 0 Å². The van der Waals surface area contributed by atoms with Crippen LogP contribution in [0, 0.1) is 0 Å². The number of carbonyl (C=O) groups is 1. The molecule has 0 spiro atoms. The fourth-order valence-electron chi connectivity index (χ4n) is 2.02. The van der Waals surface area contributed by atoms with Crippen molar-refractivity contribution in [3.63, 3.8) is 0 Å². The predicted octanol–water partition coefficient (Wildman–Crippen LogP) is 3.42. The largest absolute Gasteiger partial charge is 0.357 e. The molecule has 122 valence electrons. The molecular weight excluding hydrogens is 342 g/mol. The molecule has 24 heavy (non-hydrogen) atoms. The molecule has 3 rings (SSSR count). The maximum atomic E-state index is 12.2. The van der Waals surface area contributed by atoms with Crippen molar-refractivity contribution in [1.29, 1.82) is 0 Å². The second-order valence-electron chi connectivity index (χ2n) is 4.76. The number of aromatic nitrogens is 3. The summed E-state index contributed by atoms with van der Waals surface area (Å²) in [5, 5.41) is 15.7. The second-order valence-corrected chi connectivity index (χ2v) is 6.96. The first-order chi connectivity index (χ1) is 11.8. The van der Waals surface area contributed by atoms with Crippen molar-refractivity contribution in [2.45, 2.75) is 4.34 Å². The Morgan fingerprint density at radius 1 is 1.29 bits per heavy atom. The smallest absolute Gasteiger partial charge is 0.234 e. The number of anilines is 2. The molecule has 0 saturated heterocycles. The third-order valence-corrected chi connectivity index (χ3v) is 5.06. The molecule has 0 bridgehead atoms. The summed E-state index contributed by atoms with van der Waals surface area (Å²) in [5.41, 5.74) is 1.61. The van der Waals surface area contributed by atoms with Gasteiger partial charge in [0.05, 0.1) is 17.0 Å². The van der Waals surface area contributed by atoms with Gasteiger partial charge in [-0.25, -0.2) is 0 Å². The van der Waals surface area contributed by atoms with Gasteiger partial charge in [0.25, 0.3) is 0 Å². The van der Waals surface area contributed by atoms with Gasteiger partial charge in [0.1, 0.15) is 0 Å². The Morgan fingerprint density at radius 2 is 2.21 bits per heavy atom. The number of carbonyl (C=O) groups excluding carboxylic acids is 1. The number of nitrogens with one attached hydrogen (secondary N) is 2. The molecule has 0 aliphatic rings. The molecule has 1 amide bonds. The van der Waals surface area contributed by atoms with Crippen LogP contribution in [0.25, 0.3) is 10.9 Å². The molecule has 2 aromatic heterocycles. The lowest BCUT2D eigenvalue weighted by Gasteiger charge is -2.07. The van der Waals surface area contributed by atoms with Crippen molar-refractivity contribution >= 4 is 50.7 Å². The first-order valence-corrected chi connectivity index (χ1v) is 9.01. The molecule has 0 saturated carbocycles. The maximum Gasteiger partial charge on any atom is 0.234 e. The monoisotopic (exact) mass is 357 g/mol. The van der Waals surface area contributed by atoms with Crippen LogP contribution in [0.3, 0.4) is 0 Å². The Bertz CT molecular complexity index is 859. The summed E-state index contributed by atoms with van der Waals surface area (Å²) in [6, 6.07) is 9.45. The molecule has 0 atom stereocenters. The molecule has 0 aliphatic heterocycles. The topological polar surface area (TPSA) is 79.8 Å². The Kier molecular flexibility index (Phi) is 5.39. The first-order valence-electron chi connectivity index (χ1n) is 7.21. The van der Waals surface area contributed by atoms with Gasteiger partial charge in [-0.2, -0.15) is 0 Å². The average Bonchev–Trinajstić information content (AvgIpc) is 3.06. The molecule has 2 heterocycles. The Labute approximate surface area is 147 Å². The highest BCUT2D eigenvalue weighted by Gasteiger charge is 2.09. The van der Waals surface area contributed by atoms with Gasteiger partial charge in [-0.3, -0.25) is 9.78 Å². The number of rotatable bonds is 7. The Morgan fingerprint density at radius 3 is 3.08 bits per heavy atom. The highest BCUT2D eigenvalue weighted by atomic mass is 32.2. The number of hydrogen-bond donors (Lipinski definition) is 2. The van der Waals surface area contributed by atoms with Gasteiger partial charge < -0.3 is 10.6 Å². The normalized spacial score (nSPS) is 10.5. The van der Waals surface area contributed by atoms with Crippen molar-refractivity contribution in [2.24, 2.45) is 0 Å². The van der Waals surface area contributed by atoms with E-state index in [-0.39, 0.29) is 11.7 Å². The van der Waals surface area contributed by atoms with Gasteiger partial charge in [-0.15, -0.1) is 16.8 Å². The van der Waals surface area contributed by atoms with Gasteiger partial charge in [-0.1, -0.05) is 35.2 Å². The highest BCUT2D eigenvalue weighted by Crippen LogP contribution is 2.26. The van der Waals surface area contributed by atoms with Crippen molar-refractivity contribution in [2.75, 3.05) is 22.9 Å². The molecule has 0 unspecified atom stereocenters. The van der Waals surface area contributed by atoms with Gasteiger partial charge >= 0.3 is 0 Å². The molecule has 8 heteroatoms. The van der Waals surface area contributed by atoms with Crippen LogP contribution >= 0.6 is 23.1 Å². The lowest BCUT2D eigenvalue weighted by atomic mass is 10.2. The van der Waals surface area contributed by atoms with Crippen LogP contribution in [0.1, 0.15) is 0 Å². The average molecular weight is 357 g/mol. The number of nitrogens with zero attached hydrogens (tertiary/aromatic N) is 3. The zero-order valence-corrected chi connectivity index (χ0v) is 14.4. The molecule has 0 aliphatic carbocycles. The zero-order chi connectivity index (χ0) is 16.8. The van der Waals surface area contributed by atoms with E-state index in [1.807, 2.05) is 30.3 Å². The summed E-state index contributed by atoms with van der Waals surface area (Å²) in [6.45, 7) is 4.27. The van der Waals surface area contributed by atoms with Crippen molar-refractivity contribution in [3.05, 3.63) is 49.2 Å². The third kappa shape index (κ3) is 4.09. The quantitative estimate of drug-likeness (QED) is 0.498. The van der Waals surface area contributed by atoms with E-state index in [9.17, 15) is 4.79 Å². The van der Waals surface area contributed by atoms with E-state index < -0.39 is 0 Å². The van der Waals surface area contributed by atoms with Crippen molar-refractivity contribution in [1.82, 2.24) is 15.2 Å². The van der Waals surface area contributed by atoms with E-state index in [0.717, 1.165) is 26.1 Å². The molecule has 0 radical (unpaired) electrons. The van der Waals surface area contributed by atoms with Gasteiger partial charge in [0.15, 0.2) is 4.34 Å². The Hall–Kier alpha value is -2.45. The van der Waals surface area contributed by atoms with Crippen LogP contribution in [-0.2, 0) is 4.79 Å². The number of benzene rings is 1. The fraction of sp³-hybridized carbons (Fsp3) is 0.125. The molecule has 3 aromatic rings. The van der Waals surface area contributed by atoms with Crippen LogP contribution < -0.4 is 10.6 Å². The van der Waals surface area contributed by atoms with Crippen LogP contribution in [0.2, 0.25) is 0 Å². The minimum Gasteiger partial charge on any atom is -0.357 e. The van der Waals surface area contributed by atoms with Crippen LogP contribution in [-0.4, -0.2) is 33.4 Å². The number of fused-ring (bicyclic) bond motifs is 1. The summed E-state index contributed by atoms with van der Waals surface area (Å²) in [6.07, 6.45) is 3.48. The highest BCUT2D eigenvalue weighted by molar-refractivity contribution is 8.01. The molecule has 1 aromatic carbocycles. The van der Waals surface area contributed by atoms with E-state index in [4.69, 9.17) is 0 Å². The summed E-state index contributed by atoms with van der Waals surface area (Å²) < 4.78 is 0.747. The number of hydrogen-bond acceptors (Lipinski definition) is 7. The predicted molar refractivity (Wildman–Crippen MR) is 99.7 cm³/mol. The molecule has 6 nitrogen and oxygen atoms in total. The fourth-order valence-corrected chi connectivity index (χ4v) is 3.58. The lowest BCUT2D eigenvalue weighted by molar-refractivity contribution is -0.113. The van der Waals surface area contributed by atoms with Gasteiger partial charge in [-0.05, 0) is 24.3 Å². The SMILES string of the molecule is C=CCNc1nnc(SCC(=O)Nc2cccc3ncccc23)s1. The standard InChI is InChI=1S/C16H15N5OS2/c1-2-8-18-15-20-21-16(24-15)23-10-14(22)19-13-7-3-6-12-11(13)5-4-9-17-12/h2-7,9H,1,8,10H2,(H,18,20)(H,19,22). The van der Waals surface area contributed by atoms with E-state index in [1.54, 1.807) is 12.3 Å². The van der Waals surface area contributed by atoms with E-state index >= 15 is 0 Å². The summed E-state index contributed by atoms with van der Waals surface area (Å²) >= 11 is 2.77. The van der Waals surface area contributed by atoms with Crippen LogP contribution in [0.5, 0.6) is 0 Å². The van der Waals surface area contributed by atoms with E-state index in [2.05, 4.69) is 32.4 Å². The summed E-state index contributed by atoms with van der Waals surface area (Å²) in [7, 11) is 0. The third-order valence-electron chi connectivity index (χ3n) is 3.05. The van der Waals surface area contributed by atoms with E-state index in [0.29, 0.717) is 6.54 Å². The maximum absolute atomic E-state index is 12.2. The number of amides is 1.